The summed E-state index contributed by atoms with van der Waals surface area (Å²) < 4.78 is 40.5. The fourth-order valence-corrected chi connectivity index (χ4v) is 6.46. The van der Waals surface area contributed by atoms with Crippen molar-refractivity contribution in [1.29, 1.82) is 0 Å². The van der Waals surface area contributed by atoms with Crippen molar-refractivity contribution in [2.24, 2.45) is 17.8 Å². The molecule has 4 aliphatic rings. The lowest BCUT2D eigenvalue weighted by molar-refractivity contribution is -0.135. The summed E-state index contributed by atoms with van der Waals surface area (Å²) >= 11 is 0. The van der Waals surface area contributed by atoms with E-state index in [1.54, 1.807) is 6.92 Å². The quantitative estimate of drug-likeness (QED) is 0.873. The van der Waals surface area contributed by atoms with Crippen LogP contribution in [0.2, 0.25) is 0 Å². The van der Waals surface area contributed by atoms with Gasteiger partial charge in [-0.2, -0.15) is 4.72 Å². The molecule has 1 aromatic carbocycles. The fourth-order valence-electron chi connectivity index (χ4n) is 5.27. The zero-order valence-electron chi connectivity index (χ0n) is 14.9. The monoisotopic (exact) mass is 380 g/mol. The highest BCUT2D eigenvalue weighted by Gasteiger charge is 2.44. The molecule has 142 valence electrons. The van der Waals surface area contributed by atoms with Crippen molar-refractivity contribution in [3.05, 3.63) is 30.1 Å². The maximum atomic E-state index is 13.0. The van der Waals surface area contributed by atoms with Crippen LogP contribution in [0.5, 0.6) is 0 Å². The molecule has 2 saturated heterocycles. The number of nitrogens with zero attached hydrogens (tertiary/aromatic N) is 1. The van der Waals surface area contributed by atoms with Gasteiger partial charge in [-0.1, -0.05) is 0 Å². The highest BCUT2D eigenvalue weighted by molar-refractivity contribution is 7.89. The van der Waals surface area contributed by atoms with Gasteiger partial charge in [0.2, 0.25) is 15.9 Å². The van der Waals surface area contributed by atoms with Gasteiger partial charge in [0.15, 0.2) is 0 Å². The van der Waals surface area contributed by atoms with Crippen LogP contribution >= 0.6 is 0 Å². The Bertz CT molecular complexity index is 782. The van der Waals surface area contributed by atoms with Gasteiger partial charge in [-0.15, -0.1) is 0 Å². The smallest absolute Gasteiger partial charge is 0.241 e. The Hall–Kier alpha value is -1.47. The molecular weight excluding hydrogens is 355 g/mol. The molecule has 2 aliphatic heterocycles. The summed E-state index contributed by atoms with van der Waals surface area (Å²) in [6.07, 6.45) is 5.80. The van der Waals surface area contributed by atoms with Crippen molar-refractivity contribution in [2.45, 2.75) is 56.0 Å². The van der Waals surface area contributed by atoms with Crippen molar-refractivity contribution in [2.75, 3.05) is 6.54 Å². The zero-order valence-corrected chi connectivity index (χ0v) is 15.7. The summed E-state index contributed by atoms with van der Waals surface area (Å²) in [6.45, 7) is 2.35. The van der Waals surface area contributed by atoms with Crippen LogP contribution in [-0.2, 0) is 14.8 Å². The second-order valence-corrected chi connectivity index (χ2v) is 9.93. The van der Waals surface area contributed by atoms with Crippen molar-refractivity contribution < 1.29 is 17.6 Å². The molecule has 4 fully saturated rings. The van der Waals surface area contributed by atoms with Gasteiger partial charge in [-0.25, -0.2) is 12.8 Å². The predicted molar refractivity (Wildman–Crippen MR) is 95.2 cm³/mol. The minimum Gasteiger partial charge on any atom is -0.338 e. The molecular formula is C19H25FN2O3S. The molecule has 2 aliphatic carbocycles. The predicted octanol–water partition coefficient (Wildman–Crippen LogP) is 2.53. The summed E-state index contributed by atoms with van der Waals surface area (Å²) in [6, 6.07) is 4.04. The lowest BCUT2D eigenvalue weighted by Gasteiger charge is -2.39. The number of benzene rings is 1. The average molecular weight is 380 g/mol. The van der Waals surface area contributed by atoms with E-state index in [0.717, 1.165) is 43.4 Å². The van der Waals surface area contributed by atoms with Crippen LogP contribution in [0.15, 0.2) is 29.2 Å². The van der Waals surface area contributed by atoms with Crippen LogP contribution in [0.25, 0.3) is 0 Å². The van der Waals surface area contributed by atoms with E-state index in [9.17, 15) is 17.6 Å². The third kappa shape index (κ3) is 3.39. The van der Waals surface area contributed by atoms with Crippen LogP contribution in [0.4, 0.5) is 4.39 Å². The van der Waals surface area contributed by atoms with Crippen LogP contribution in [0.1, 0.15) is 39.0 Å². The largest absolute Gasteiger partial charge is 0.338 e. The maximum absolute atomic E-state index is 13.0. The minimum absolute atomic E-state index is 0.0330. The van der Waals surface area contributed by atoms with Crippen LogP contribution in [0.3, 0.4) is 0 Å². The number of hydrogen-bond donors (Lipinski definition) is 1. The first-order valence-electron chi connectivity index (χ1n) is 9.40. The Labute approximate surface area is 154 Å². The molecule has 7 heteroatoms. The lowest BCUT2D eigenvalue weighted by Crippen LogP contribution is -2.51. The number of rotatable bonds is 4. The summed E-state index contributed by atoms with van der Waals surface area (Å²) in [7, 11) is -3.86. The molecule has 0 radical (unpaired) electrons. The van der Waals surface area contributed by atoms with Gasteiger partial charge in [0.25, 0.3) is 0 Å². The summed E-state index contributed by atoms with van der Waals surface area (Å²) in [5.41, 5.74) is 0. The van der Waals surface area contributed by atoms with E-state index in [1.807, 2.05) is 4.90 Å². The summed E-state index contributed by atoms with van der Waals surface area (Å²) in [4.78, 5) is 14.9. The van der Waals surface area contributed by atoms with E-state index in [0.29, 0.717) is 5.92 Å². The molecule has 2 saturated carbocycles. The summed E-state index contributed by atoms with van der Waals surface area (Å²) in [5.74, 6) is 1.36. The molecule has 1 aromatic rings. The van der Waals surface area contributed by atoms with E-state index in [2.05, 4.69) is 4.72 Å². The van der Waals surface area contributed by atoms with E-state index in [-0.39, 0.29) is 16.8 Å². The first kappa shape index (κ1) is 17.9. The number of hydrogen-bond acceptors (Lipinski definition) is 3. The highest BCUT2D eigenvalue weighted by atomic mass is 32.2. The number of nitrogens with one attached hydrogen (secondary N) is 1. The van der Waals surface area contributed by atoms with E-state index in [1.165, 1.54) is 31.4 Å². The third-order valence-corrected chi connectivity index (χ3v) is 7.77. The van der Waals surface area contributed by atoms with E-state index in [4.69, 9.17) is 0 Å². The molecule has 5 nitrogen and oxygen atoms in total. The second-order valence-electron chi connectivity index (χ2n) is 8.22. The molecule has 1 amide bonds. The Morgan fingerprint density at radius 2 is 1.65 bits per heavy atom. The molecule has 0 spiro atoms. The number of amides is 1. The minimum atomic E-state index is -3.86. The third-order valence-electron chi connectivity index (χ3n) is 6.22. The van der Waals surface area contributed by atoms with E-state index < -0.39 is 21.9 Å². The van der Waals surface area contributed by atoms with Gasteiger partial charge >= 0.3 is 0 Å². The Morgan fingerprint density at radius 1 is 1.08 bits per heavy atom. The zero-order chi connectivity index (χ0) is 18.5. The van der Waals surface area contributed by atoms with Gasteiger partial charge in [-0.3, -0.25) is 4.79 Å². The molecule has 0 aromatic heterocycles. The number of carbonyl (C=O) groups excluding carboxylic acids is 1. The van der Waals surface area contributed by atoms with Crippen molar-refractivity contribution in [3.63, 3.8) is 0 Å². The first-order chi connectivity index (χ1) is 12.3. The number of fused-ring (bicyclic) bond motifs is 1. The lowest BCUT2D eigenvalue weighted by atomic mass is 9.68. The van der Waals surface area contributed by atoms with Crippen LogP contribution in [0, 0.1) is 23.6 Å². The normalized spacial score (nSPS) is 31.7. The maximum Gasteiger partial charge on any atom is 0.241 e. The van der Waals surface area contributed by atoms with Crippen LogP contribution in [-0.4, -0.2) is 37.9 Å². The molecule has 2 heterocycles. The Morgan fingerprint density at radius 3 is 2.27 bits per heavy atom. The van der Waals surface area contributed by atoms with Gasteiger partial charge < -0.3 is 4.90 Å². The molecule has 5 rings (SSSR count). The second kappa shape index (κ2) is 6.60. The van der Waals surface area contributed by atoms with Crippen molar-refractivity contribution >= 4 is 15.9 Å². The number of sulfonamides is 1. The summed E-state index contributed by atoms with van der Waals surface area (Å²) in [5, 5.41) is 0. The van der Waals surface area contributed by atoms with Gasteiger partial charge in [0.05, 0.1) is 10.9 Å². The average Bonchev–Trinajstić information content (AvgIpc) is 2.77. The highest BCUT2D eigenvalue weighted by Crippen LogP contribution is 2.47. The molecule has 26 heavy (non-hydrogen) atoms. The van der Waals surface area contributed by atoms with Gasteiger partial charge in [0.1, 0.15) is 5.82 Å². The number of halogens is 1. The fraction of sp³-hybridized carbons (Fsp3) is 0.632. The SMILES string of the molecule is C[C@H](NS(=O)(=O)c1ccc(F)cc1)C(=O)N1CC2CC3CC(C2)CC1C3. The number of carbonyl (C=O) groups is 1. The standard InChI is InChI=1S/C19H25FN2O3S/c1-12(21-26(24,25)18-4-2-16(20)3-5-18)19(23)22-11-15-7-13-6-14(8-15)10-17(22)9-13/h2-5,12-15,17,21H,6-11H2,1H3/t12-,13?,14?,15?,17?/m0/s1. The van der Waals surface area contributed by atoms with Crippen LogP contribution < -0.4 is 4.72 Å². The molecule has 3 atom stereocenters. The topological polar surface area (TPSA) is 66.5 Å². The Kier molecular flexibility index (Phi) is 4.55. The van der Waals surface area contributed by atoms with E-state index >= 15 is 0 Å². The molecule has 4 bridgehead atoms. The van der Waals surface area contributed by atoms with Gasteiger partial charge in [-0.05, 0) is 81.0 Å². The first-order valence-corrected chi connectivity index (χ1v) is 10.9. The van der Waals surface area contributed by atoms with Crippen molar-refractivity contribution in [3.8, 4) is 0 Å². The Balaban J connectivity index is 1.48. The van der Waals surface area contributed by atoms with Gasteiger partial charge in [0, 0.05) is 12.6 Å². The molecule has 2 unspecified atom stereocenters. The van der Waals surface area contributed by atoms with Crippen molar-refractivity contribution in [1.82, 2.24) is 9.62 Å². The molecule has 1 N–H and O–H groups in total.